The maximum Gasteiger partial charge on any atom is 0.293 e. The summed E-state index contributed by atoms with van der Waals surface area (Å²) < 4.78 is 5.44. The molecule has 1 aliphatic carbocycles. The van der Waals surface area contributed by atoms with E-state index in [1.165, 1.54) is 24.2 Å². The van der Waals surface area contributed by atoms with Crippen LogP contribution < -0.4 is 0 Å². The van der Waals surface area contributed by atoms with Gasteiger partial charge in [-0.1, -0.05) is 19.3 Å². The van der Waals surface area contributed by atoms with Gasteiger partial charge in [-0.05, 0) is 49.6 Å². The minimum atomic E-state index is -0.176. The summed E-state index contributed by atoms with van der Waals surface area (Å²) in [6.45, 7) is 2.42. The Morgan fingerprint density at radius 1 is 1.29 bits per heavy atom. The van der Waals surface area contributed by atoms with Crippen LogP contribution in [0.4, 0.5) is 4.79 Å². The van der Waals surface area contributed by atoms with Gasteiger partial charge in [-0.25, -0.2) is 0 Å². The fourth-order valence-corrected chi connectivity index (χ4v) is 3.77. The Bertz CT molecular complexity index is 584. The fraction of sp³-hybridized carbons (Fsp3) is 0.500. The zero-order valence-corrected chi connectivity index (χ0v) is 12.9. The number of hydrogen-bond acceptors (Lipinski definition) is 4. The molecule has 1 aromatic rings. The standard InChI is InChI=1S/C16H19NO3S/c1-11-7-8-13(20-11)9-14-15(18)17(16(19)21-14)10-12-5-3-2-4-6-12/h7-9,12H,2-6,10H2,1H3/b14-9+. The Balaban J connectivity index is 1.71. The summed E-state index contributed by atoms with van der Waals surface area (Å²) in [5.74, 6) is 1.71. The number of amides is 2. The van der Waals surface area contributed by atoms with Crippen LogP contribution in [0.25, 0.3) is 6.08 Å². The van der Waals surface area contributed by atoms with Crippen LogP contribution in [-0.2, 0) is 4.79 Å². The average molecular weight is 305 g/mol. The Morgan fingerprint density at radius 2 is 2.05 bits per heavy atom. The smallest absolute Gasteiger partial charge is 0.293 e. The molecule has 0 radical (unpaired) electrons. The van der Waals surface area contributed by atoms with E-state index in [4.69, 9.17) is 4.42 Å². The molecular weight excluding hydrogens is 286 g/mol. The van der Waals surface area contributed by atoms with E-state index in [0.717, 1.165) is 30.4 Å². The van der Waals surface area contributed by atoms with Crippen molar-refractivity contribution < 1.29 is 14.0 Å². The summed E-state index contributed by atoms with van der Waals surface area (Å²) >= 11 is 1.01. The minimum absolute atomic E-state index is 0.153. The molecule has 1 aliphatic heterocycles. The second-order valence-electron chi connectivity index (χ2n) is 5.74. The average Bonchev–Trinajstić information content (AvgIpc) is 2.99. The van der Waals surface area contributed by atoms with Crippen molar-refractivity contribution in [2.45, 2.75) is 39.0 Å². The van der Waals surface area contributed by atoms with Crippen molar-refractivity contribution in [3.8, 4) is 0 Å². The number of imide groups is 1. The first-order valence-electron chi connectivity index (χ1n) is 7.45. The van der Waals surface area contributed by atoms with Crippen LogP contribution in [0.3, 0.4) is 0 Å². The largest absolute Gasteiger partial charge is 0.462 e. The lowest BCUT2D eigenvalue weighted by Gasteiger charge is -2.25. The fourth-order valence-electron chi connectivity index (χ4n) is 2.95. The van der Waals surface area contributed by atoms with Crippen molar-refractivity contribution in [3.63, 3.8) is 0 Å². The molecule has 3 rings (SSSR count). The zero-order valence-electron chi connectivity index (χ0n) is 12.1. The molecule has 2 fully saturated rings. The van der Waals surface area contributed by atoms with Gasteiger partial charge in [0, 0.05) is 12.6 Å². The van der Waals surface area contributed by atoms with E-state index >= 15 is 0 Å². The molecule has 4 nitrogen and oxygen atoms in total. The second kappa shape index (κ2) is 6.10. The van der Waals surface area contributed by atoms with Crippen molar-refractivity contribution in [2.75, 3.05) is 6.54 Å². The molecule has 0 unspecified atom stereocenters. The Hall–Kier alpha value is -1.49. The van der Waals surface area contributed by atoms with Crippen LogP contribution in [0.15, 0.2) is 21.5 Å². The van der Waals surface area contributed by atoms with Gasteiger partial charge in [0.2, 0.25) is 0 Å². The van der Waals surface area contributed by atoms with Gasteiger partial charge < -0.3 is 4.42 Å². The van der Waals surface area contributed by atoms with Crippen LogP contribution in [0.5, 0.6) is 0 Å². The highest BCUT2D eigenvalue weighted by molar-refractivity contribution is 8.18. The minimum Gasteiger partial charge on any atom is -0.462 e. The van der Waals surface area contributed by atoms with Crippen LogP contribution in [0.1, 0.15) is 43.6 Å². The zero-order chi connectivity index (χ0) is 14.8. The quantitative estimate of drug-likeness (QED) is 0.785. The number of thioether (sulfide) groups is 1. The van der Waals surface area contributed by atoms with Gasteiger partial charge in [0.25, 0.3) is 11.1 Å². The van der Waals surface area contributed by atoms with Crippen LogP contribution in [0, 0.1) is 12.8 Å². The maximum absolute atomic E-state index is 12.4. The lowest BCUT2D eigenvalue weighted by molar-refractivity contribution is -0.123. The first kappa shape index (κ1) is 14.4. The third-order valence-electron chi connectivity index (χ3n) is 4.07. The summed E-state index contributed by atoms with van der Waals surface area (Å²) in [6, 6.07) is 3.66. The van der Waals surface area contributed by atoms with E-state index in [-0.39, 0.29) is 11.1 Å². The molecular formula is C16H19NO3S. The molecule has 21 heavy (non-hydrogen) atoms. The number of aryl methyl sites for hydroxylation is 1. The number of nitrogens with zero attached hydrogens (tertiary/aromatic N) is 1. The predicted octanol–water partition coefficient (Wildman–Crippen LogP) is 4.20. The highest BCUT2D eigenvalue weighted by atomic mass is 32.2. The van der Waals surface area contributed by atoms with Gasteiger partial charge in [0.05, 0.1) is 4.91 Å². The van der Waals surface area contributed by atoms with Crippen molar-refractivity contribution in [3.05, 3.63) is 28.6 Å². The molecule has 2 aliphatic rings. The first-order valence-corrected chi connectivity index (χ1v) is 8.27. The monoisotopic (exact) mass is 305 g/mol. The SMILES string of the molecule is Cc1ccc(/C=C2/SC(=O)N(CC3CCCCC3)C2=O)o1. The Morgan fingerprint density at radius 3 is 2.71 bits per heavy atom. The maximum atomic E-state index is 12.4. The molecule has 0 spiro atoms. The number of furan rings is 1. The molecule has 1 aromatic heterocycles. The summed E-state index contributed by atoms with van der Waals surface area (Å²) in [7, 11) is 0. The third-order valence-corrected chi connectivity index (χ3v) is 4.98. The van der Waals surface area contributed by atoms with Gasteiger partial charge in [-0.3, -0.25) is 14.5 Å². The lowest BCUT2D eigenvalue weighted by atomic mass is 9.89. The van der Waals surface area contributed by atoms with Crippen molar-refractivity contribution in [1.29, 1.82) is 0 Å². The number of rotatable bonds is 3. The molecule has 1 saturated carbocycles. The van der Waals surface area contributed by atoms with Crippen molar-refractivity contribution in [1.82, 2.24) is 4.90 Å². The lowest BCUT2D eigenvalue weighted by Crippen LogP contribution is -2.34. The van der Waals surface area contributed by atoms with Gasteiger partial charge in [-0.15, -0.1) is 0 Å². The molecule has 112 valence electrons. The van der Waals surface area contributed by atoms with Crippen LogP contribution in [0.2, 0.25) is 0 Å². The normalized spacial score (nSPS) is 22.5. The van der Waals surface area contributed by atoms with Gasteiger partial charge in [0.1, 0.15) is 11.5 Å². The van der Waals surface area contributed by atoms with Crippen LogP contribution >= 0.6 is 11.8 Å². The predicted molar refractivity (Wildman–Crippen MR) is 82.7 cm³/mol. The molecule has 0 bridgehead atoms. The highest BCUT2D eigenvalue weighted by Gasteiger charge is 2.36. The van der Waals surface area contributed by atoms with Gasteiger partial charge >= 0.3 is 0 Å². The topological polar surface area (TPSA) is 50.5 Å². The van der Waals surface area contributed by atoms with Gasteiger partial charge in [0.15, 0.2) is 0 Å². The Labute approximate surface area is 128 Å². The second-order valence-corrected chi connectivity index (χ2v) is 6.74. The van der Waals surface area contributed by atoms with E-state index in [1.807, 2.05) is 19.1 Å². The molecule has 0 N–H and O–H groups in total. The molecule has 5 heteroatoms. The van der Waals surface area contributed by atoms with Crippen LogP contribution in [-0.4, -0.2) is 22.6 Å². The van der Waals surface area contributed by atoms with E-state index in [0.29, 0.717) is 23.1 Å². The highest BCUT2D eigenvalue weighted by Crippen LogP contribution is 2.34. The van der Waals surface area contributed by atoms with E-state index in [1.54, 1.807) is 6.08 Å². The summed E-state index contributed by atoms with van der Waals surface area (Å²) in [5, 5.41) is -0.153. The molecule has 0 atom stereocenters. The van der Waals surface area contributed by atoms with Crippen molar-refractivity contribution in [2.24, 2.45) is 5.92 Å². The van der Waals surface area contributed by atoms with E-state index in [2.05, 4.69) is 0 Å². The number of carbonyl (C=O) groups excluding carboxylic acids is 2. The van der Waals surface area contributed by atoms with Crippen molar-refractivity contribution >= 4 is 29.0 Å². The molecule has 2 heterocycles. The Kier molecular flexibility index (Phi) is 4.19. The molecule has 1 saturated heterocycles. The number of hydrogen-bond donors (Lipinski definition) is 0. The molecule has 0 aromatic carbocycles. The van der Waals surface area contributed by atoms with Gasteiger partial charge in [-0.2, -0.15) is 0 Å². The molecule has 2 amide bonds. The summed E-state index contributed by atoms with van der Waals surface area (Å²) in [6.07, 6.45) is 7.61. The summed E-state index contributed by atoms with van der Waals surface area (Å²) in [5.41, 5.74) is 0. The van der Waals surface area contributed by atoms with E-state index < -0.39 is 0 Å². The first-order chi connectivity index (χ1) is 10.1. The third kappa shape index (κ3) is 3.23. The van der Waals surface area contributed by atoms with E-state index in [9.17, 15) is 9.59 Å². The number of carbonyl (C=O) groups is 2. The summed E-state index contributed by atoms with van der Waals surface area (Å²) in [4.78, 5) is 26.3.